The summed E-state index contributed by atoms with van der Waals surface area (Å²) in [6, 6.07) is 13.1. The van der Waals surface area contributed by atoms with Crippen molar-refractivity contribution in [2.24, 2.45) is 0 Å². The molecule has 0 aliphatic carbocycles. The number of carbonyl (C=O) groups excluding carboxylic acids is 1. The number of methoxy groups -OCH3 is 1. The largest absolute Gasteiger partial charge is 0.496 e. The summed E-state index contributed by atoms with van der Waals surface area (Å²) in [6.07, 6.45) is 1.38. The molecule has 0 radical (unpaired) electrons. The molecule has 1 amide bonds. The quantitative estimate of drug-likeness (QED) is 0.486. The number of aromatic nitrogens is 3. The van der Waals surface area contributed by atoms with Gasteiger partial charge in [-0.2, -0.15) is 4.98 Å². The zero-order valence-electron chi connectivity index (χ0n) is 16.6. The van der Waals surface area contributed by atoms with Crippen LogP contribution in [0.4, 0.5) is 5.69 Å². The first-order chi connectivity index (χ1) is 14.6. The van der Waals surface area contributed by atoms with Crippen molar-refractivity contribution in [3.8, 4) is 22.9 Å². The Balaban J connectivity index is 2.01. The summed E-state index contributed by atoms with van der Waals surface area (Å²) >= 11 is 4.89. The third-order valence-corrected chi connectivity index (χ3v) is 5.75. The SMILES string of the molecule is CCC(=O)N1c2ccccc2-c2nnc(SC)nc2O[C@H]1c1cc(Br)ccc1OC. The summed E-state index contributed by atoms with van der Waals surface area (Å²) in [5.41, 5.74) is 2.61. The summed E-state index contributed by atoms with van der Waals surface area (Å²) in [5, 5.41) is 9.02. The Hall–Kier alpha value is -2.65. The van der Waals surface area contributed by atoms with Crippen molar-refractivity contribution in [2.45, 2.75) is 24.7 Å². The first-order valence-corrected chi connectivity index (χ1v) is 11.3. The monoisotopic (exact) mass is 486 g/mol. The first-order valence-electron chi connectivity index (χ1n) is 9.27. The third kappa shape index (κ3) is 3.63. The van der Waals surface area contributed by atoms with Crippen LogP contribution in [0.5, 0.6) is 11.6 Å². The average Bonchev–Trinajstić information content (AvgIpc) is 2.92. The predicted octanol–water partition coefficient (Wildman–Crippen LogP) is 4.87. The molecule has 0 unspecified atom stereocenters. The standard InChI is InChI=1S/C21H19BrN4O3S/c1-4-17(27)26-15-8-6-5-7-13(15)18-19(23-21(30-3)25-24-18)29-20(26)14-11-12(22)9-10-16(14)28-2/h5-11,20H,4H2,1-3H3/t20-/m0/s1. The lowest BCUT2D eigenvalue weighted by Gasteiger charge is -2.31. The van der Waals surface area contributed by atoms with Gasteiger partial charge in [-0.05, 0) is 30.5 Å². The third-order valence-electron chi connectivity index (χ3n) is 4.72. The van der Waals surface area contributed by atoms with Crippen LogP contribution >= 0.6 is 27.7 Å². The lowest BCUT2D eigenvalue weighted by molar-refractivity contribution is -0.120. The molecule has 1 aliphatic rings. The van der Waals surface area contributed by atoms with Crippen LogP contribution < -0.4 is 14.4 Å². The van der Waals surface area contributed by atoms with E-state index in [0.717, 1.165) is 10.0 Å². The Morgan fingerprint density at radius 1 is 1.27 bits per heavy atom. The minimum absolute atomic E-state index is 0.0969. The smallest absolute Gasteiger partial charge is 0.247 e. The lowest BCUT2D eigenvalue weighted by atomic mass is 10.1. The van der Waals surface area contributed by atoms with Crippen LogP contribution in [0.15, 0.2) is 52.1 Å². The number of para-hydroxylation sites is 1. The van der Waals surface area contributed by atoms with E-state index < -0.39 is 6.23 Å². The Kier molecular flexibility index (Phi) is 5.92. The number of amides is 1. The van der Waals surface area contributed by atoms with Crippen LogP contribution in [0.25, 0.3) is 11.3 Å². The topological polar surface area (TPSA) is 77.4 Å². The fourth-order valence-electron chi connectivity index (χ4n) is 3.34. The van der Waals surface area contributed by atoms with E-state index >= 15 is 0 Å². The summed E-state index contributed by atoms with van der Waals surface area (Å²) in [6.45, 7) is 1.82. The fourth-order valence-corrected chi connectivity index (χ4v) is 4.02. The first kappa shape index (κ1) is 20.6. The number of ether oxygens (including phenoxy) is 2. The van der Waals surface area contributed by atoms with Crippen LogP contribution in [-0.4, -0.2) is 34.5 Å². The molecule has 1 atom stereocenters. The molecule has 0 saturated heterocycles. The maximum absolute atomic E-state index is 13.2. The average molecular weight is 487 g/mol. The highest BCUT2D eigenvalue weighted by Crippen LogP contribution is 2.45. The second-order valence-corrected chi connectivity index (χ2v) is 8.13. The molecule has 154 valence electrons. The van der Waals surface area contributed by atoms with E-state index in [2.05, 4.69) is 31.1 Å². The van der Waals surface area contributed by atoms with Crippen molar-refractivity contribution in [2.75, 3.05) is 18.3 Å². The molecule has 0 fully saturated rings. The van der Waals surface area contributed by atoms with Gasteiger partial charge in [0, 0.05) is 16.5 Å². The zero-order valence-corrected chi connectivity index (χ0v) is 19.0. The van der Waals surface area contributed by atoms with Crippen molar-refractivity contribution in [3.63, 3.8) is 0 Å². The van der Waals surface area contributed by atoms with Crippen LogP contribution in [0.2, 0.25) is 0 Å². The number of rotatable bonds is 4. The van der Waals surface area contributed by atoms with E-state index in [1.165, 1.54) is 11.8 Å². The zero-order chi connectivity index (χ0) is 21.3. The molecule has 3 aromatic rings. The maximum atomic E-state index is 13.2. The molecule has 0 bridgehead atoms. The molecule has 7 nitrogen and oxygen atoms in total. The number of nitrogens with zero attached hydrogens (tertiary/aromatic N) is 4. The van der Waals surface area contributed by atoms with E-state index in [1.54, 1.807) is 12.0 Å². The van der Waals surface area contributed by atoms with Gasteiger partial charge in [0.05, 0.1) is 18.4 Å². The molecule has 0 N–H and O–H groups in total. The summed E-state index contributed by atoms with van der Waals surface area (Å²) < 4.78 is 12.8. The van der Waals surface area contributed by atoms with Crippen LogP contribution in [-0.2, 0) is 4.79 Å². The number of benzene rings is 2. The van der Waals surface area contributed by atoms with Crippen LogP contribution in [0.3, 0.4) is 0 Å². The van der Waals surface area contributed by atoms with E-state index in [-0.39, 0.29) is 5.91 Å². The van der Waals surface area contributed by atoms with E-state index in [4.69, 9.17) is 9.47 Å². The van der Waals surface area contributed by atoms with Gasteiger partial charge >= 0.3 is 0 Å². The van der Waals surface area contributed by atoms with Crippen molar-refractivity contribution in [1.82, 2.24) is 15.2 Å². The number of fused-ring (bicyclic) bond motifs is 3. The number of thioether (sulfide) groups is 1. The van der Waals surface area contributed by atoms with Gasteiger partial charge in [0.15, 0.2) is 5.69 Å². The molecule has 2 heterocycles. The van der Waals surface area contributed by atoms with Crippen LogP contribution in [0.1, 0.15) is 25.1 Å². The molecular weight excluding hydrogens is 468 g/mol. The molecule has 1 aromatic heterocycles. The Bertz CT molecular complexity index is 1110. The highest BCUT2D eigenvalue weighted by Gasteiger charge is 2.36. The molecule has 30 heavy (non-hydrogen) atoms. The lowest BCUT2D eigenvalue weighted by Crippen LogP contribution is -2.37. The van der Waals surface area contributed by atoms with Gasteiger partial charge in [0.2, 0.25) is 23.2 Å². The summed E-state index contributed by atoms with van der Waals surface area (Å²) in [7, 11) is 1.59. The number of carbonyl (C=O) groups is 1. The molecule has 9 heteroatoms. The van der Waals surface area contributed by atoms with Gasteiger partial charge in [-0.15, -0.1) is 10.2 Å². The van der Waals surface area contributed by atoms with Gasteiger partial charge in [-0.1, -0.05) is 52.8 Å². The number of halogens is 1. The van der Waals surface area contributed by atoms with E-state index in [1.807, 2.05) is 55.6 Å². The Labute approximate surface area is 186 Å². The van der Waals surface area contributed by atoms with Gasteiger partial charge in [0.1, 0.15) is 5.75 Å². The molecule has 0 saturated carbocycles. The Morgan fingerprint density at radius 2 is 2.07 bits per heavy atom. The summed E-state index contributed by atoms with van der Waals surface area (Å²) in [5.74, 6) is 0.825. The number of hydrogen-bond donors (Lipinski definition) is 0. The second kappa shape index (κ2) is 8.61. The van der Waals surface area contributed by atoms with E-state index in [0.29, 0.717) is 40.2 Å². The van der Waals surface area contributed by atoms with Gasteiger partial charge < -0.3 is 9.47 Å². The van der Waals surface area contributed by atoms with Gasteiger partial charge in [-0.3, -0.25) is 9.69 Å². The molecule has 1 aliphatic heterocycles. The number of hydrogen-bond acceptors (Lipinski definition) is 7. The molecular formula is C21H19BrN4O3S. The van der Waals surface area contributed by atoms with Gasteiger partial charge in [0.25, 0.3) is 0 Å². The fraction of sp³-hybridized carbons (Fsp3) is 0.238. The second-order valence-electron chi connectivity index (χ2n) is 6.44. The molecule has 0 spiro atoms. The highest BCUT2D eigenvalue weighted by molar-refractivity contribution is 9.10. The van der Waals surface area contributed by atoms with Crippen molar-refractivity contribution in [1.29, 1.82) is 0 Å². The van der Waals surface area contributed by atoms with E-state index in [9.17, 15) is 4.79 Å². The number of anilines is 1. The normalized spacial score (nSPS) is 14.9. The molecule has 2 aromatic carbocycles. The van der Waals surface area contributed by atoms with Crippen LogP contribution in [0, 0.1) is 0 Å². The highest BCUT2D eigenvalue weighted by atomic mass is 79.9. The van der Waals surface area contributed by atoms with Gasteiger partial charge in [-0.25, -0.2) is 0 Å². The van der Waals surface area contributed by atoms with Crippen molar-refractivity contribution >= 4 is 39.3 Å². The maximum Gasteiger partial charge on any atom is 0.247 e. The van der Waals surface area contributed by atoms with Crippen molar-refractivity contribution in [3.05, 3.63) is 52.5 Å². The summed E-state index contributed by atoms with van der Waals surface area (Å²) in [4.78, 5) is 19.3. The minimum Gasteiger partial charge on any atom is -0.496 e. The predicted molar refractivity (Wildman–Crippen MR) is 119 cm³/mol. The minimum atomic E-state index is -0.793. The Morgan fingerprint density at radius 3 is 2.80 bits per heavy atom. The van der Waals surface area contributed by atoms with Crippen molar-refractivity contribution < 1.29 is 14.3 Å². The molecule has 4 rings (SSSR count).